The van der Waals surface area contributed by atoms with Crippen molar-refractivity contribution in [1.29, 1.82) is 0 Å². The Morgan fingerprint density at radius 1 is 1.68 bits per heavy atom. The number of hydrogen-bond acceptors (Lipinski definition) is 3. The average molecular weight is 329 g/mol. The van der Waals surface area contributed by atoms with Crippen LogP contribution in [-0.4, -0.2) is 27.8 Å². The van der Waals surface area contributed by atoms with E-state index in [9.17, 15) is 4.79 Å². The minimum absolute atomic E-state index is 0.0628. The summed E-state index contributed by atoms with van der Waals surface area (Å²) in [6.45, 7) is 4.71. The van der Waals surface area contributed by atoms with Crippen LogP contribution in [0.3, 0.4) is 0 Å². The zero-order valence-electron chi connectivity index (χ0n) is 11.8. The molecule has 1 aliphatic rings. The number of aromatic nitrogens is 2. The van der Waals surface area contributed by atoms with Crippen molar-refractivity contribution >= 4 is 21.7 Å². The highest BCUT2D eigenvalue weighted by Gasteiger charge is 2.44. The van der Waals surface area contributed by atoms with E-state index in [1.54, 1.807) is 17.9 Å². The Morgan fingerprint density at radius 3 is 2.95 bits per heavy atom. The number of carbonyl (C=O) groups is 1. The van der Waals surface area contributed by atoms with Crippen molar-refractivity contribution in [2.75, 3.05) is 6.61 Å². The Balaban J connectivity index is 2.36. The van der Waals surface area contributed by atoms with Crippen LogP contribution < -0.4 is 0 Å². The summed E-state index contributed by atoms with van der Waals surface area (Å²) >= 11 is 3.42. The van der Waals surface area contributed by atoms with Gasteiger partial charge in [0.2, 0.25) is 5.78 Å². The van der Waals surface area contributed by atoms with E-state index >= 15 is 0 Å². The van der Waals surface area contributed by atoms with Crippen LogP contribution in [0.1, 0.15) is 50.0 Å². The molecule has 19 heavy (non-hydrogen) atoms. The molecule has 1 aromatic rings. The van der Waals surface area contributed by atoms with Crippen molar-refractivity contribution in [1.82, 2.24) is 9.78 Å². The van der Waals surface area contributed by atoms with Gasteiger partial charge in [0.15, 0.2) is 0 Å². The molecule has 1 heterocycles. The van der Waals surface area contributed by atoms with Gasteiger partial charge in [-0.2, -0.15) is 5.10 Å². The van der Waals surface area contributed by atoms with Gasteiger partial charge in [-0.1, -0.05) is 13.3 Å². The van der Waals surface area contributed by atoms with E-state index in [0.29, 0.717) is 18.2 Å². The molecule has 5 heteroatoms. The van der Waals surface area contributed by atoms with Gasteiger partial charge in [-0.15, -0.1) is 0 Å². The standard InChI is InChI=1S/C14H21BrN2O2/c1-4-19-14(7-5-6-10(2)8-14)13(18)12-11(15)9-16-17(12)3/h9-10H,4-8H2,1-3H3. The molecule has 0 aliphatic heterocycles. The average Bonchev–Trinajstić information content (AvgIpc) is 2.68. The zero-order chi connectivity index (χ0) is 14.0. The van der Waals surface area contributed by atoms with Gasteiger partial charge >= 0.3 is 0 Å². The zero-order valence-corrected chi connectivity index (χ0v) is 13.4. The van der Waals surface area contributed by atoms with Crippen molar-refractivity contribution in [2.24, 2.45) is 13.0 Å². The number of carbonyl (C=O) groups excluding carboxylic acids is 1. The highest BCUT2D eigenvalue weighted by Crippen LogP contribution is 2.38. The second-order valence-electron chi connectivity index (χ2n) is 5.42. The Morgan fingerprint density at radius 2 is 2.42 bits per heavy atom. The SMILES string of the molecule is CCOC1(C(=O)c2c(Br)cnn2C)CCCC(C)C1. The maximum atomic E-state index is 12.9. The number of ketones is 1. The molecule has 0 radical (unpaired) electrons. The fourth-order valence-corrected chi connectivity index (χ4v) is 3.59. The lowest BCUT2D eigenvalue weighted by Crippen LogP contribution is -2.46. The van der Waals surface area contributed by atoms with E-state index < -0.39 is 5.60 Å². The molecular formula is C14H21BrN2O2. The van der Waals surface area contributed by atoms with Crippen molar-refractivity contribution in [2.45, 2.75) is 45.1 Å². The van der Waals surface area contributed by atoms with Crippen molar-refractivity contribution in [3.63, 3.8) is 0 Å². The van der Waals surface area contributed by atoms with Gasteiger partial charge in [0.05, 0.1) is 10.7 Å². The Kier molecular flexibility index (Phi) is 4.46. The summed E-state index contributed by atoms with van der Waals surface area (Å²) in [6, 6.07) is 0. The molecule has 2 atom stereocenters. The van der Waals surface area contributed by atoms with Crippen LogP contribution in [0.4, 0.5) is 0 Å². The number of Topliss-reactive ketones (excluding diaryl/α,β-unsaturated/α-hetero) is 1. The minimum Gasteiger partial charge on any atom is -0.367 e. The van der Waals surface area contributed by atoms with E-state index in [1.165, 1.54) is 6.42 Å². The topological polar surface area (TPSA) is 44.1 Å². The van der Waals surface area contributed by atoms with Crippen LogP contribution in [0.25, 0.3) is 0 Å². The van der Waals surface area contributed by atoms with Crippen molar-refractivity contribution in [3.8, 4) is 0 Å². The first-order chi connectivity index (χ1) is 9.00. The first-order valence-electron chi connectivity index (χ1n) is 6.86. The molecule has 1 aromatic heterocycles. The maximum Gasteiger partial charge on any atom is 0.213 e. The van der Waals surface area contributed by atoms with Gasteiger partial charge in [-0.05, 0) is 48.0 Å². The second-order valence-corrected chi connectivity index (χ2v) is 6.28. The summed E-state index contributed by atoms with van der Waals surface area (Å²) in [5.41, 5.74) is -0.0505. The number of hydrogen-bond donors (Lipinski definition) is 0. The predicted molar refractivity (Wildman–Crippen MR) is 77.2 cm³/mol. The molecule has 2 unspecified atom stereocenters. The Hall–Kier alpha value is -0.680. The summed E-state index contributed by atoms with van der Waals surface area (Å²) in [5.74, 6) is 0.587. The molecule has 0 amide bonds. The minimum atomic E-state index is -0.664. The number of aryl methyl sites for hydroxylation is 1. The van der Waals surface area contributed by atoms with E-state index in [1.807, 2.05) is 6.92 Å². The summed E-state index contributed by atoms with van der Waals surface area (Å²) in [4.78, 5) is 12.9. The molecule has 2 rings (SSSR count). The van der Waals surface area contributed by atoms with E-state index in [-0.39, 0.29) is 5.78 Å². The Labute approximate surface area is 122 Å². The number of halogens is 1. The van der Waals surface area contributed by atoms with E-state index in [0.717, 1.165) is 23.7 Å². The summed E-state index contributed by atoms with van der Waals surface area (Å²) in [6.07, 6.45) is 5.50. The molecule has 1 aliphatic carbocycles. The Bertz CT molecular complexity index is 449. The maximum absolute atomic E-state index is 12.9. The van der Waals surface area contributed by atoms with Crippen LogP contribution in [0.5, 0.6) is 0 Å². The fourth-order valence-electron chi connectivity index (χ4n) is 3.06. The van der Waals surface area contributed by atoms with Crippen molar-refractivity contribution < 1.29 is 9.53 Å². The summed E-state index contributed by atoms with van der Waals surface area (Å²) in [5, 5.41) is 4.14. The van der Waals surface area contributed by atoms with E-state index in [2.05, 4.69) is 28.0 Å². The second kappa shape index (κ2) is 5.75. The highest BCUT2D eigenvalue weighted by atomic mass is 79.9. The number of rotatable bonds is 4. The number of ether oxygens (including phenoxy) is 1. The smallest absolute Gasteiger partial charge is 0.213 e. The van der Waals surface area contributed by atoms with Crippen LogP contribution >= 0.6 is 15.9 Å². The molecular weight excluding hydrogens is 308 g/mol. The third kappa shape index (κ3) is 2.77. The first kappa shape index (κ1) is 14.7. The monoisotopic (exact) mass is 328 g/mol. The molecule has 106 valence electrons. The molecule has 1 saturated carbocycles. The van der Waals surface area contributed by atoms with Crippen LogP contribution in [0, 0.1) is 5.92 Å². The fraction of sp³-hybridized carbons (Fsp3) is 0.714. The lowest BCUT2D eigenvalue weighted by atomic mass is 9.75. The van der Waals surface area contributed by atoms with Crippen LogP contribution in [0.15, 0.2) is 10.7 Å². The molecule has 0 bridgehead atoms. The molecule has 0 spiro atoms. The molecule has 0 aromatic carbocycles. The normalized spacial score (nSPS) is 27.5. The molecule has 0 N–H and O–H groups in total. The summed E-state index contributed by atoms with van der Waals surface area (Å²) < 4.78 is 8.30. The highest BCUT2D eigenvalue weighted by molar-refractivity contribution is 9.10. The van der Waals surface area contributed by atoms with Crippen LogP contribution in [-0.2, 0) is 11.8 Å². The van der Waals surface area contributed by atoms with Gasteiger partial charge in [-0.25, -0.2) is 0 Å². The third-order valence-electron chi connectivity index (χ3n) is 3.90. The van der Waals surface area contributed by atoms with Gasteiger partial charge < -0.3 is 4.74 Å². The lowest BCUT2D eigenvalue weighted by molar-refractivity contribution is -0.0517. The quantitative estimate of drug-likeness (QED) is 0.796. The first-order valence-corrected chi connectivity index (χ1v) is 7.65. The molecule has 4 nitrogen and oxygen atoms in total. The lowest BCUT2D eigenvalue weighted by Gasteiger charge is -2.38. The summed E-state index contributed by atoms with van der Waals surface area (Å²) in [7, 11) is 1.80. The van der Waals surface area contributed by atoms with Crippen molar-refractivity contribution in [3.05, 3.63) is 16.4 Å². The third-order valence-corrected chi connectivity index (χ3v) is 4.48. The van der Waals surface area contributed by atoms with Crippen LogP contribution in [0.2, 0.25) is 0 Å². The molecule has 0 saturated heterocycles. The predicted octanol–water partition coefficient (Wildman–Crippen LogP) is 3.35. The largest absolute Gasteiger partial charge is 0.367 e. The van der Waals surface area contributed by atoms with Gasteiger partial charge in [0.25, 0.3) is 0 Å². The van der Waals surface area contributed by atoms with Gasteiger partial charge in [0, 0.05) is 13.7 Å². The van der Waals surface area contributed by atoms with Gasteiger partial charge in [0.1, 0.15) is 11.3 Å². The number of nitrogens with zero attached hydrogens (tertiary/aromatic N) is 2. The van der Waals surface area contributed by atoms with Gasteiger partial charge in [-0.3, -0.25) is 9.48 Å². The van der Waals surface area contributed by atoms with E-state index in [4.69, 9.17) is 4.74 Å². The molecule has 1 fully saturated rings.